The molecule has 2 N–H and O–H groups in total. The monoisotopic (exact) mass is 261 g/mol. The van der Waals surface area contributed by atoms with Crippen LogP contribution in [0.4, 0.5) is 5.82 Å². The van der Waals surface area contributed by atoms with Crippen molar-refractivity contribution in [2.75, 3.05) is 11.9 Å². The smallest absolute Gasteiger partial charge is 0.221 e. The highest BCUT2D eigenvalue weighted by atomic mass is 32.1. The SMILES string of the molecule is O=C(CCNc1nccc2sccc12)NC1CC1. The maximum Gasteiger partial charge on any atom is 0.221 e. The number of nitrogens with one attached hydrogen (secondary N) is 2. The highest BCUT2D eigenvalue weighted by molar-refractivity contribution is 7.17. The summed E-state index contributed by atoms with van der Waals surface area (Å²) in [6.45, 7) is 0.626. The van der Waals surface area contributed by atoms with E-state index in [0.29, 0.717) is 19.0 Å². The van der Waals surface area contributed by atoms with E-state index in [2.05, 4.69) is 27.1 Å². The predicted octanol–water partition coefficient (Wildman–Crippen LogP) is 2.38. The Morgan fingerprint density at radius 1 is 1.44 bits per heavy atom. The van der Waals surface area contributed by atoms with Gasteiger partial charge in [0.1, 0.15) is 5.82 Å². The van der Waals surface area contributed by atoms with Crippen molar-refractivity contribution >= 4 is 33.1 Å². The second-order valence-corrected chi connectivity index (χ2v) is 5.46. The molecule has 0 aromatic carbocycles. The molecule has 2 aromatic heterocycles. The molecule has 0 spiro atoms. The van der Waals surface area contributed by atoms with Crippen molar-refractivity contribution < 1.29 is 4.79 Å². The third-order valence-corrected chi connectivity index (χ3v) is 3.85. The minimum Gasteiger partial charge on any atom is -0.369 e. The van der Waals surface area contributed by atoms with Crippen LogP contribution in [0.5, 0.6) is 0 Å². The van der Waals surface area contributed by atoms with E-state index in [1.807, 2.05) is 6.07 Å². The van der Waals surface area contributed by atoms with Gasteiger partial charge in [0, 0.05) is 35.3 Å². The summed E-state index contributed by atoms with van der Waals surface area (Å²) in [5.41, 5.74) is 0. The molecule has 1 saturated carbocycles. The molecule has 0 radical (unpaired) electrons. The van der Waals surface area contributed by atoms with E-state index in [4.69, 9.17) is 0 Å². The molecule has 0 unspecified atom stereocenters. The van der Waals surface area contributed by atoms with E-state index in [1.54, 1.807) is 17.5 Å². The minimum atomic E-state index is 0.127. The first-order valence-corrected chi connectivity index (χ1v) is 7.06. The number of carbonyl (C=O) groups is 1. The largest absolute Gasteiger partial charge is 0.369 e. The van der Waals surface area contributed by atoms with E-state index in [9.17, 15) is 4.79 Å². The summed E-state index contributed by atoms with van der Waals surface area (Å²) < 4.78 is 1.22. The van der Waals surface area contributed by atoms with E-state index in [1.165, 1.54) is 4.70 Å². The number of hydrogen-bond acceptors (Lipinski definition) is 4. The summed E-state index contributed by atoms with van der Waals surface area (Å²) >= 11 is 1.70. The average molecular weight is 261 g/mol. The van der Waals surface area contributed by atoms with Gasteiger partial charge >= 0.3 is 0 Å². The lowest BCUT2D eigenvalue weighted by atomic mass is 10.3. The molecule has 4 nitrogen and oxygen atoms in total. The van der Waals surface area contributed by atoms with Gasteiger partial charge in [-0.2, -0.15) is 0 Å². The van der Waals surface area contributed by atoms with Gasteiger partial charge < -0.3 is 10.6 Å². The molecule has 18 heavy (non-hydrogen) atoms. The van der Waals surface area contributed by atoms with Crippen LogP contribution in [0.3, 0.4) is 0 Å². The summed E-state index contributed by atoms with van der Waals surface area (Å²) in [5, 5.41) is 9.39. The molecule has 3 rings (SSSR count). The lowest BCUT2D eigenvalue weighted by molar-refractivity contribution is -0.120. The molecule has 5 heteroatoms. The molecule has 0 saturated heterocycles. The zero-order chi connectivity index (χ0) is 12.4. The van der Waals surface area contributed by atoms with Crippen LogP contribution >= 0.6 is 11.3 Å². The van der Waals surface area contributed by atoms with Crippen LogP contribution in [0.15, 0.2) is 23.7 Å². The quantitative estimate of drug-likeness (QED) is 0.869. The molecule has 1 fully saturated rings. The zero-order valence-electron chi connectivity index (χ0n) is 9.98. The molecule has 2 aromatic rings. The van der Waals surface area contributed by atoms with Crippen LogP contribution in [0, 0.1) is 0 Å². The van der Waals surface area contributed by atoms with Crippen LogP contribution in [-0.2, 0) is 4.79 Å². The Bertz CT molecular complexity index is 562. The molecular formula is C13H15N3OS. The number of anilines is 1. The summed E-state index contributed by atoms with van der Waals surface area (Å²) in [7, 11) is 0. The number of pyridine rings is 1. The van der Waals surface area contributed by atoms with Crippen molar-refractivity contribution in [3.05, 3.63) is 23.7 Å². The number of thiophene rings is 1. The average Bonchev–Trinajstić information content (AvgIpc) is 3.04. The lowest BCUT2D eigenvalue weighted by Gasteiger charge is -2.07. The Hall–Kier alpha value is -1.62. The van der Waals surface area contributed by atoms with Gasteiger partial charge in [0.25, 0.3) is 0 Å². The predicted molar refractivity (Wildman–Crippen MR) is 73.9 cm³/mol. The molecular weight excluding hydrogens is 246 g/mol. The van der Waals surface area contributed by atoms with Gasteiger partial charge in [-0.1, -0.05) is 0 Å². The van der Waals surface area contributed by atoms with Crippen LogP contribution in [0.25, 0.3) is 10.1 Å². The van der Waals surface area contributed by atoms with Crippen molar-refractivity contribution in [1.29, 1.82) is 0 Å². The summed E-state index contributed by atoms with van der Waals surface area (Å²) in [4.78, 5) is 15.8. The standard InChI is InChI=1S/C13H15N3OS/c17-12(16-9-1-2-9)4-7-15-13-10-5-8-18-11(10)3-6-14-13/h3,5-6,8-9H,1-2,4,7H2,(H,14,15)(H,16,17). The third kappa shape index (κ3) is 2.61. The summed E-state index contributed by atoms with van der Waals surface area (Å²) in [6, 6.07) is 4.50. The highest BCUT2D eigenvalue weighted by Gasteiger charge is 2.22. The molecule has 2 heterocycles. The van der Waals surface area contributed by atoms with Crippen molar-refractivity contribution in [1.82, 2.24) is 10.3 Å². The maximum atomic E-state index is 11.5. The maximum absolute atomic E-state index is 11.5. The zero-order valence-corrected chi connectivity index (χ0v) is 10.8. The molecule has 1 aliphatic carbocycles. The summed E-state index contributed by atoms with van der Waals surface area (Å²) in [5.74, 6) is 0.996. The van der Waals surface area contributed by atoms with Crippen molar-refractivity contribution in [2.24, 2.45) is 0 Å². The van der Waals surface area contributed by atoms with Gasteiger partial charge in [-0.15, -0.1) is 11.3 Å². The topological polar surface area (TPSA) is 54.0 Å². The van der Waals surface area contributed by atoms with Gasteiger partial charge in [-0.3, -0.25) is 4.79 Å². The Morgan fingerprint density at radius 3 is 3.17 bits per heavy atom. The Morgan fingerprint density at radius 2 is 2.33 bits per heavy atom. The first-order valence-electron chi connectivity index (χ1n) is 6.18. The molecule has 1 amide bonds. The van der Waals surface area contributed by atoms with E-state index in [0.717, 1.165) is 24.0 Å². The van der Waals surface area contributed by atoms with Crippen LogP contribution in [0.1, 0.15) is 19.3 Å². The number of fused-ring (bicyclic) bond motifs is 1. The van der Waals surface area contributed by atoms with Gasteiger partial charge in [-0.05, 0) is 30.4 Å². The molecule has 1 aliphatic rings. The van der Waals surface area contributed by atoms with Crippen molar-refractivity contribution in [3.8, 4) is 0 Å². The first kappa shape index (κ1) is 11.5. The Kier molecular flexibility index (Phi) is 3.15. The molecule has 0 atom stereocenters. The van der Waals surface area contributed by atoms with Gasteiger partial charge in [-0.25, -0.2) is 4.98 Å². The number of hydrogen-bond donors (Lipinski definition) is 2. The molecule has 0 aliphatic heterocycles. The second-order valence-electron chi connectivity index (χ2n) is 4.51. The highest BCUT2D eigenvalue weighted by Crippen LogP contribution is 2.25. The van der Waals surface area contributed by atoms with Crippen LogP contribution in [-0.4, -0.2) is 23.5 Å². The fourth-order valence-electron chi connectivity index (χ4n) is 1.86. The number of carbonyl (C=O) groups excluding carboxylic acids is 1. The van der Waals surface area contributed by atoms with E-state index >= 15 is 0 Å². The van der Waals surface area contributed by atoms with Gasteiger partial charge in [0.2, 0.25) is 5.91 Å². The number of nitrogens with zero attached hydrogens (tertiary/aromatic N) is 1. The van der Waals surface area contributed by atoms with E-state index < -0.39 is 0 Å². The number of aromatic nitrogens is 1. The fourth-order valence-corrected chi connectivity index (χ4v) is 2.64. The van der Waals surface area contributed by atoms with Crippen LogP contribution in [0.2, 0.25) is 0 Å². The number of amides is 1. The third-order valence-electron chi connectivity index (χ3n) is 2.97. The summed E-state index contributed by atoms with van der Waals surface area (Å²) in [6.07, 6.45) is 4.56. The van der Waals surface area contributed by atoms with Crippen LogP contribution < -0.4 is 10.6 Å². The van der Waals surface area contributed by atoms with Crippen molar-refractivity contribution in [2.45, 2.75) is 25.3 Å². The fraction of sp³-hybridized carbons (Fsp3) is 0.385. The molecule has 0 bridgehead atoms. The lowest BCUT2D eigenvalue weighted by Crippen LogP contribution is -2.27. The van der Waals surface area contributed by atoms with Gasteiger partial charge in [0.15, 0.2) is 0 Å². The van der Waals surface area contributed by atoms with Crippen molar-refractivity contribution in [3.63, 3.8) is 0 Å². The first-order chi connectivity index (χ1) is 8.83. The van der Waals surface area contributed by atoms with E-state index in [-0.39, 0.29) is 5.91 Å². The molecule has 94 valence electrons. The Balaban J connectivity index is 1.55. The normalized spacial score (nSPS) is 14.7. The second kappa shape index (κ2) is 4.94. The number of rotatable bonds is 5. The Labute approximate surface area is 109 Å². The van der Waals surface area contributed by atoms with Gasteiger partial charge in [0.05, 0.1) is 0 Å². The minimum absolute atomic E-state index is 0.127.